The highest BCUT2D eigenvalue weighted by atomic mass is 16.5. The van der Waals surface area contributed by atoms with Crippen LogP contribution in [0.3, 0.4) is 0 Å². The largest absolute Gasteiger partial charge is 0.378 e. The van der Waals surface area contributed by atoms with E-state index >= 15 is 0 Å². The van der Waals surface area contributed by atoms with Crippen LogP contribution in [0.1, 0.15) is 45.6 Å². The first kappa shape index (κ1) is 24.8. The topological polar surface area (TPSA) is 97.7 Å². The van der Waals surface area contributed by atoms with Crippen molar-refractivity contribution in [1.82, 2.24) is 15.5 Å². The van der Waals surface area contributed by atoms with Gasteiger partial charge in [0.05, 0.1) is 19.3 Å². The van der Waals surface area contributed by atoms with Crippen LogP contribution in [0.5, 0.6) is 0 Å². The lowest BCUT2D eigenvalue weighted by atomic mass is 9.85. The van der Waals surface area contributed by atoms with E-state index in [1.165, 1.54) is 11.3 Å². The summed E-state index contributed by atoms with van der Waals surface area (Å²) in [6.45, 7) is 11.6. The molecule has 0 aliphatic carbocycles. The molecule has 2 heterocycles. The molecule has 0 saturated carbocycles. The molecule has 2 aliphatic heterocycles. The van der Waals surface area contributed by atoms with E-state index in [0.29, 0.717) is 58.7 Å². The number of rotatable bonds is 5. The number of nitrogens with zero attached hydrogens (tertiary/aromatic N) is 3. The summed E-state index contributed by atoms with van der Waals surface area (Å²) in [5.41, 5.74) is 1.26. The molecule has 2 fully saturated rings. The normalized spacial score (nSPS) is 19.4. The second kappa shape index (κ2) is 10.4. The highest BCUT2D eigenvalue weighted by Gasteiger charge is 2.39. The van der Waals surface area contributed by atoms with Crippen LogP contribution in [0.4, 0.5) is 10.5 Å². The number of hydrogen-bond acceptors (Lipinski definition) is 5. The van der Waals surface area contributed by atoms with Crippen molar-refractivity contribution in [1.29, 1.82) is 5.26 Å². The number of urea groups is 1. The average Bonchev–Trinajstić information content (AvgIpc) is 2.79. The Hall–Kier alpha value is -2.79. The Labute approximate surface area is 197 Å². The maximum absolute atomic E-state index is 13.3. The number of para-hydroxylation sites is 1. The van der Waals surface area contributed by atoms with Gasteiger partial charge in [-0.2, -0.15) is 5.26 Å². The molecule has 1 aromatic rings. The molecule has 0 aromatic heterocycles. The van der Waals surface area contributed by atoms with Gasteiger partial charge in [0.25, 0.3) is 0 Å². The number of hydrogen-bond donors (Lipinski definition) is 2. The zero-order valence-electron chi connectivity index (χ0n) is 20.3. The molecular formula is C25H37N5O3. The third kappa shape index (κ3) is 6.61. The second-order valence-corrected chi connectivity index (χ2v) is 10.3. The first-order valence-electron chi connectivity index (χ1n) is 11.8. The van der Waals surface area contributed by atoms with E-state index in [-0.39, 0.29) is 17.4 Å². The quantitative estimate of drug-likeness (QED) is 0.712. The van der Waals surface area contributed by atoms with Gasteiger partial charge in [-0.15, -0.1) is 0 Å². The lowest BCUT2D eigenvalue weighted by Crippen LogP contribution is -2.60. The Morgan fingerprint density at radius 3 is 2.36 bits per heavy atom. The maximum Gasteiger partial charge on any atom is 0.318 e. The van der Waals surface area contributed by atoms with Crippen molar-refractivity contribution >= 4 is 17.6 Å². The predicted molar refractivity (Wildman–Crippen MR) is 128 cm³/mol. The fourth-order valence-corrected chi connectivity index (χ4v) is 4.46. The van der Waals surface area contributed by atoms with Crippen LogP contribution in [0.2, 0.25) is 0 Å². The Bertz CT molecular complexity index is 875. The number of anilines is 1. The van der Waals surface area contributed by atoms with Crippen LogP contribution in [0.25, 0.3) is 0 Å². The smallest absolute Gasteiger partial charge is 0.318 e. The van der Waals surface area contributed by atoms with Crippen molar-refractivity contribution in [3.63, 3.8) is 0 Å². The molecule has 1 unspecified atom stereocenters. The number of morpholine rings is 1. The van der Waals surface area contributed by atoms with Gasteiger partial charge in [-0.1, -0.05) is 39.0 Å². The molecule has 2 N–H and O–H groups in total. The SMILES string of the molecule is Cc1ccccc1N1CCC(C#N)(NC(=O)C(CC(C)(C)C)NC(=O)N2CCOCC2)CC1. The van der Waals surface area contributed by atoms with E-state index < -0.39 is 11.6 Å². The molecule has 33 heavy (non-hydrogen) atoms. The number of nitrogens with one attached hydrogen (secondary N) is 2. The van der Waals surface area contributed by atoms with E-state index in [9.17, 15) is 14.9 Å². The van der Waals surface area contributed by atoms with Gasteiger partial charge in [0, 0.05) is 44.7 Å². The molecule has 8 heteroatoms. The molecule has 3 amide bonds. The number of nitriles is 1. The minimum absolute atomic E-state index is 0.172. The van der Waals surface area contributed by atoms with E-state index in [1.807, 2.05) is 32.9 Å². The highest BCUT2D eigenvalue weighted by Crippen LogP contribution is 2.29. The van der Waals surface area contributed by atoms with Gasteiger partial charge < -0.3 is 25.2 Å². The molecular weight excluding hydrogens is 418 g/mol. The van der Waals surface area contributed by atoms with E-state index in [4.69, 9.17) is 4.74 Å². The van der Waals surface area contributed by atoms with Crippen LogP contribution >= 0.6 is 0 Å². The van der Waals surface area contributed by atoms with E-state index in [2.05, 4.69) is 40.7 Å². The number of piperidine rings is 1. The number of carbonyl (C=O) groups excluding carboxylic acids is 2. The van der Waals surface area contributed by atoms with Crippen molar-refractivity contribution < 1.29 is 14.3 Å². The summed E-state index contributed by atoms with van der Waals surface area (Å²) >= 11 is 0. The van der Waals surface area contributed by atoms with Gasteiger partial charge >= 0.3 is 6.03 Å². The number of amides is 3. The van der Waals surface area contributed by atoms with Crippen LogP contribution in [-0.2, 0) is 9.53 Å². The zero-order chi connectivity index (χ0) is 24.1. The first-order chi connectivity index (χ1) is 15.6. The van der Waals surface area contributed by atoms with Gasteiger partial charge in [0.15, 0.2) is 0 Å². The van der Waals surface area contributed by atoms with Crippen LogP contribution in [0.15, 0.2) is 24.3 Å². The van der Waals surface area contributed by atoms with E-state index in [1.54, 1.807) is 4.90 Å². The molecule has 2 aliphatic rings. The van der Waals surface area contributed by atoms with Crippen molar-refractivity contribution in [3.8, 4) is 6.07 Å². The van der Waals surface area contributed by atoms with Gasteiger partial charge in [0.1, 0.15) is 11.6 Å². The fourth-order valence-electron chi connectivity index (χ4n) is 4.46. The molecule has 1 atom stereocenters. The van der Waals surface area contributed by atoms with Gasteiger partial charge in [0.2, 0.25) is 5.91 Å². The minimum Gasteiger partial charge on any atom is -0.378 e. The second-order valence-electron chi connectivity index (χ2n) is 10.3. The Balaban J connectivity index is 1.67. The van der Waals surface area contributed by atoms with Gasteiger partial charge in [-0.05, 0) is 30.4 Å². The monoisotopic (exact) mass is 455 g/mol. The molecule has 1 aromatic carbocycles. The lowest BCUT2D eigenvalue weighted by Gasteiger charge is -2.40. The standard InChI is InChI=1S/C25H37N5O3/c1-19-7-5-6-8-21(19)29-11-9-25(18-26,10-12-29)28-22(31)20(17-24(2,3)4)27-23(32)30-13-15-33-16-14-30/h5-8,20H,9-17H2,1-4H3,(H,27,32)(H,28,31). The Kier molecular flexibility index (Phi) is 7.85. The van der Waals surface area contributed by atoms with Crippen LogP contribution in [-0.4, -0.2) is 67.8 Å². The van der Waals surface area contributed by atoms with E-state index in [0.717, 1.165) is 0 Å². The molecule has 8 nitrogen and oxygen atoms in total. The van der Waals surface area contributed by atoms with Gasteiger partial charge in [-0.25, -0.2) is 4.79 Å². The molecule has 0 spiro atoms. The third-order valence-corrected chi connectivity index (χ3v) is 6.38. The molecule has 3 rings (SSSR count). The number of benzene rings is 1. The van der Waals surface area contributed by atoms with Gasteiger partial charge in [-0.3, -0.25) is 4.79 Å². The predicted octanol–water partition coefficient (Wildman–Crippen LogP) is 2.82. The van der Waals surface area contributed by atoms with Crippen molar-refractivity contribution in [2.24, 2.45) is 5.41 Å². The molecule has 0 bridgehead atoms. The van der Waals surface area contributed by atoms with Crippen molar-refractivity contribution in [3.05, 3.63) is 29.8 Å². The Morgan fingerprint density at radius 2 is 1.79 bits per heavy atom. The summed E-state index contributed by atoms with van der Waals surface area (Å²) < 4.78 is 5.32. The summed E-state index contributed by atoms with van der Waals surface area (Å²) in [6, 6.07) is 9.61. The third-order valence-electron chi connectivity index (χ3n) is 6.38. The zero-order valence-corrected chi connectivity index (χ0v) is 20.3. The summed E-state index contributed by atoms with van der Waals surface area (Å²) in [4.78, 5) is 30.1. The Morgan fingerprint density at radius 1 is 1.15 bits per heavy atom. The lowest BCUT2D eigenvalue weighted by molar-refractivity contribution is -0.125. The van der Waals surface area contributed by atoms with Crippen LogP contribution < -0.4 is 15.5 Å². The number of ether oxygens (including phenoxy) is 1. The minimum atomic E-state index is -0.934. The van der Waals surface area contributed by atoms with Crippen molar-refractivity contribution in [2.75, 3.05) is 44.3 Å². The summed E-state index contributed by atoms with van der Waals surface area (Å²) in [5, 5.41) is 15.9. The first-order valence-corrected chi connectivity index (χ1v) is 11.8. The number of aryl methyl sites for hydroxylation is 1. The summed E-state index contributed by atoms with van der Waals surface area (Å²) in [6.07, 6.45) is 1.54. The molecule has 180 valence electrons. The van der Waals surface area contributed by atoms with Crippen LogP contribution in [0, 0.1) is 23.7 Å². The fraction of sp³-hybridized carbons (Fsp3) is 0.640. The summed E-state index contributed by atoms with van der Waals surface area (Å²) in [5.74, 6) is -0.294. The molecule has 2 saturated heterocycles. The number of carbonyl (C=O) groups is 2. The average molecular weight is 456 g/mol. The van der Waals surface area contributed by atoms with Crippen molar-refractivity contribution in [2.45, 2.75) is 58.5 Å². The highest BCUT2D eigenvalue weighted by molar-refractivity contribution is 5.88. The molecule has 0 radical (unpaired) electrons. The maximum atomic E-state index is 13.3. The summed E-state index contributed by atoms with van der Waals surface area (Å²) in [7, 11) is 0.